The van der Waals surface area contributed by atoms with E-state index in [4.69, 9.17) is 11.2 Å². The van der Waals surface area contributed by atoms with E-state index in [9.17, 15) is 9.59 Å². The molecule has 1 amide bonds. The van der Waals surface area contributed by atoms with Crippen molar-refractivity contribution in [3.8, 4) is 12.3 Å². The Bertz CT molecular complexity index is 702. The fourth-order valence-corrected chi connectivity index (χ4v) is 1.46. The lowest BCUT2D eigenvalue weighted by molar-refractivity contribution is 0.155. The number of aromatic nitrogens is 2. The second kappa shape index (κ2) is 6.20. The molecule has 0 spiro atoms. The predicted molar refractivity (Wildman–Crippen MR) is 73.0 cm³/mol. The molecule has 0 aliphatic heterocycles. The zero-order valence-corrected chi connectivity index (χ0v) is 10.4. The molecule has 0 aliphatic carbocycles. The highest BCUT2D eigenvalue weighted by Crippen LogP contribution is 2.08. The van der Waals surface area contributed by atoms with Gasteiger partial charge in [0.05, 0.1) is 11.8 Å². The van der Waals surface area contributed by atoms with Gasteiger partial charge in [-0.25, -0.2) is 14.6 Å². The van der Waals surface area contributed by atoms with Crippen molar-refractivity contribution in [2.45, 2.75) is 6.61 Å². The van der Waals surface area contributed by atoms with Crippen molar-refractivity contribution in [1.82, 2.24) is 9.97 Å². The van der Waals surface area contributed by atoms with Gasteiger partial charge in [-0.15, -0.1) is 6.42 Å². The number of terminal acetylenes is 1. The molecule has 20 heavy (non-hydrogen) atoms. The average Bonchev–Trinajstić information content (AvgIpc) is 2.46. The van der Waals surface area contributed by atoms with E-state index >= 15 is 0 Å². The highest BCUT2D eigenvalue weighted by atomic mass is 16.5. The number of carbonyl (C=O) groups is 1. The molecule has 2 rings (SSSR count). The second-order valence-electron chi connectivity index (χ2n) is 3.81. The SMILES string of the molecule is C#Cc1cnc(=O)[nH]c1NC(=O)OCc1ccccc1. The lowest BCUT2D eigenvalue weighted by Gasteiger charge is -2.07. The highest BCUT2D eigenvalue weighted by molar-refractivity contribution is 5.84. The Balaban J connectivity index is 2.00. The Labute approximate surface area is 114 Å². The standard InChI is InChI=1S/C14H11N3O3/c1-2-11-8-15-13(18)16-12(11)17-14(19)20-9-10-6-4-3-5-7-10/h1,3-8H,9H2,(H2,15,16,17,18,19). The summed E-state index contributed by atoms with van der Waals surface area (Å²) in [7, 11) is 0. The molecule has 6 nitrogen and oxygen atoms in total. The topological polar surface area (TPSA) is 84.1 Å². The quantitative estimate of drug-likeness (QED) is 0.827. The van der Waals surface area contributed by atoms with E-state index in [0.29, 0.717) is 0 Å². The first-order chi connectivity index (χ1) is 9.69. The summed E-state index contributed by atoms with van der Waals surface area (Å²) in [5.74, 6) is 2.39. The number of rotatable bonds is 3. The third-order valence-corrected chi connectivity index (χ3v) is 2.41. The Morgan fingerprint density at radius 2 is 2.15 bits per heavy atom. The Hall–Kier alpha value is -3.07. The number of ether oxygens (including phenoxy) is 1. The van der Waals surface area contributed by atoms with Gasteiger partial charge in [-0.2, -0.15) is 0 Å². The fraction of sp³-hybridized carbons (Fsp3) is 0.0714. The number of hydrogen-bond acceptors (Lipinski definition) is 4. The second-order valence-corrected chi connectivity index (χ2v) is 3.81. The molecule has 0 fully saturated rings. The molecule has 0 saturated heterocycles. The van der Waals surface area contributed by atoms with Crippen LogP contribution < -0.4 is 11.0 Å². The van der Waals surface area contributed by atoms with Crippen LogP contribution in [0.3, 0.4) is 0 Å². The van der Waals surface area contributed by atoms with Crippen molar-refractivity contribution < 1.29 is 9.53 Å². The van der Waals surface area contributed by atoms with Gasteiger partial charge in [0.1, 0.15) is 12.4 Å². The van der Waals surface area contributed by atoms with Crippen LogP contribution in [0.15, 0.2) is 41.3 Å². The van der Waals surface area contributed by atoms with Crippen molar-refractivity contribution in [3.05, 3.63) is 58.1 Å². The molecule has 6 heteroatoms. The molecule has 0 radical (unpaired) electrons. The zero-order chi connectivity index (χ0) is 14.4. The van der Waals surface area contributed by atoms with Gasteiger partial charge in [-0.3, -0.25) is 10.3 Å². The monoisotopic (exact) mass is 269 g/mol. The normalized spacial score (nSPS) is 9.55. The van der Waals surface area contributed by atoms with Crippen molar-refractivity contribution >= 4 is 11.9 Å². The van der Waals surface area contributed by atoms with Crippen LogP contribution in [-0.4, -0.2) is 16.1 Å². The number of nitrogens with one attached hydrogen (secondary N) is 2. The van der Waals surface area contributed by atoms with Crippen LogP contribution in [-0.2, 0) is 11.3 Å². The van der Waals surface area contributed by atoms with Crippen molar-refractivity contribution in [2.24, 2.45) is 0 Å². The summed E-state index contributed by atoms with van der Waals surface area (Å²) in [6.45, 7) is 0.118. The maximum Gasteiger partial charge on any atom is 0.413 e. The van der Waals surface area contributed by atoms with E-state index in [1.165, 1.54) is 6.20 Å². The Kier molecular flexibility index (Phi) is 4.14. The van der Waals surface area contributed by atoms with Gasteiger partial charge in [-0.1, -0.05) is 36.3 Å². The van der Waals surface area contributed by atoms with E-state index in [0.717, 1.165) is 5.56 Å². The molecule has 0 atom stereocenters. The van der Waals surface area contributed by atoms with Gasteiger partial charge in [0.2, 0.25) is 0 Å². The van der Waals surface area contributed by atoms with Crippen molar-refractivity contribution in [3.63, 3.8) is 0 Å². The summed E-state index contributed by atoms with van der Waals surface area (Å²) in [5.41, 5.74) is 0.506. The van der Waals surface area contributed by atoms with Crippen LogP contribution in [0.4, 0.5) is 10.6 Å². The van der Waals surface area contributed by atoms with Crippen LogP contribution in [0.5, 0.6) is 0 Å². The summed E-state index contributed by atoms with van der Waals surface area (Å²) >= 11 is 0. The lowest BCUT2D eigenvalue weighted by atomic mass is 10.2. The third-order valence-electron chi connectivity index (χ3n) is 2.41. The molecule has 0 aliphatic rings. The maximum absolute atomic E-state index is 11.6. The predicted octanol–water partition coefficient (Wildman–Crippen LogP) is 1.50. The smallest absolute Gasteiger partial charge is 0.413 e. The molecule has 2 aromatic rings. The minimum Gasteiger partial charge on any atom is -0.444 e. The molecule has 100 valence electrons. The van der Waals surface area contributed by atoms with Crippen LogP contribution in [0.1, 0.15) is 11.1 Å². The summed E-state index contributed by atoms with van der Waals surface area (Å²) < 4.78 is 5.01. The maximum atomic E-state index is 11.6. The molecule has 1 aromatic heterocycles. The summed E-state index contributed by atoms with van der Waals surface area (Å²) in [6, 6.07) is 9.20. The number of anilines is 1. The summed E-state index contributed by atoms with van der Waals surface area (Å²) in [6.07, 6.45) is 5.72. The van der Waals surface area contributed by atoms with E-state index in [1.807, 2.05) is 30.3 Å². The fourth-order valence-electron chi connectivity index (χ4n) is 1.46. The largest absolute Gasteiger partial charge is 0.444 e. The number of H-pyrrole nitrogens is 1. The first kappa shape index (κ1) is 13.4. The van der Waals surface area contributed by atoms with E-state index in [-0.39, 0.29) is 18.0 Å². The van der Waals surface area contributed by atoms with Crippen LogP contribution >= 0.6 is 0 Å². The number of carbonyl (C=O) groups excluding carboxylic acids is 1. The summed E-state index contributed by atoms with van der Waals surface area (Å²) in [4.78, 5) is 28.5. The molecule has 2 N–H and O–H groups in total. The molecular weight excluding hydrogens is 258 g/mol. The van der Waals surface area contributed by atoms with Crippen LogP contribution in [0, 0.1) is 12.3 Å². The van der Waals surface area contributed by atoms with Gasteiger partial charge < -0.3 is 4.74 Å². The summed E-state index contributed by atoms with van der Waals surface area (Å²) in [5, 5.41) is 2.37. The molecule has 0 bridgehead atoms. The number of aromatic amines is 1. The van der Waals surface area contributed by atoms with Crippen molar-refractivity contribution in [1.29, 1.82) is 0 Å². The molecule has 0 unspecified atom stereocenters. The number of benzene rings is 1. The number of hydrogen-bond donors (Lipinski definition) is 2. The highest BCUT2D eigenvalue weighted by Gasteiger charge is 2.08. The third kappa shape index (κ3) is 3.46. The van der Waals surface area contributed by atoms with Gasteiger partial charge in [0, 0.05) is 0 Å². The molecule has 0 saturated carbocycles. The van der Waals surface area contributed by atoms with E-state index in [1.54, 1.807) is 0 Å². The van der Waals surface area contributed by atoms with Crippen molar-refractivity contribution in [2.75, 3.05) is 5.32 Å². The molecular formula is C14H11N3O3. The Morgan fingerprint density at radius 3 is 2.85 bits per heavy atom. The van der Waals surface area contributed by atoms with Gasteiger partial charge in [-0.05, 0) is 5.56 Å². The average molecular weight is 269 g/mol. The minimum absolute atomic E-state index is 0.0885. The van der Waals surface area contributed by atoms with Gasteiger partial charge in [0.15, 0.2) is 0 Å². The van der Waals surface area contributed by atoms with Gasteiger partial charge in [0.25, 0.3) is 0 Å². The van der Waals surface area contributed by atoms with Crippen LogP contribution in [0.2, 0.25) is 0 Å². The van der Waals surface area contributed by atoms with Gasteiger partial charge >= 0.3 is 11.8 Å². The van der Waals surface area contributed by atoms with E-state index in [2.05, 4.69) is 21.2 Å². The van der Waals surface area contributed by atoms with E-state index < -0.39 is 11.8 Å². The first-order valence-electron chi connectivity index (χ1n) is 5.72. The number of nitrogens with zero attached hydrogens (tertiary/aromatic N) is 1. The lowest BCUT2D eigenvalue weighted by Crippen LogP contribution is -2.20. The molecule has 1 aromatic carbocycles. The Morgan fingerprint density at radius 1 is 1.40 bits per heavy atom. The zero-order valence-electron chi connectivity index (χ0n) is 10.4. The van der Waals surface area contributed by atoms with Crippen LogP contribution in [0.25, 0.3) is 0 Å². The molecule has 1 heterocycles. The minimum atomic E-state index is -0.716. The number of amides is 1. The first-order valence-corrected chi connectivity index (χ1v) is 5.72.